The lowest BCUT2D eigenvalue weighted by Crippen LogP contribution is -2.50. The molecule has 4 nitrogen and oxygen atoms in total. The number of nitrogens with zero attached hydrogens (tertiary/aromatic N) is 2. The molecular weight excluding hydrogens is 349 g/mol. The van der Waals surface area contributed by atoms with E-state index in [4.69, 9.17) is 12.2 Å². The highest BCUT2D eigenvalue weighted by atomic mass is 32.1. The van der Waals surface area contributed by atoms with Gasteiger partial charge in [0.1, 0.15) is 5.82 Å². The first kappa shape index (κ1) is 18.3. The number of benzene rings is 2. The number of rotatable bonds is 3. The molecule has 3 rings (SSSR count). The number of hydrogen-bond donors (Lipinski definition) is 1. The first-order valence-corrected chi connectivity index (χ1v) is 9.03. The van der Waals surface area contributed by atoms with E-state index in [1.165, 1.54) is 13.0 Å². The Balaban J connectivity index is 1.61. The standard InChI is InChI=1S/C20H22FN3OS/c1-14-5-3-4-6-18(14)22-20(26)24-11-9-23(10-12-24)19-8-7-16(15(2)25)13-17(19)21/h3-8,13H,9-12H2,1-2H3,(H,22,26). The van der Waals surface area contributed by atoms with Gasteiger partial charge >= 0.3 is 0 Å². The third kappa shape index (κ3) is 4.02. The van der Waals surface area contributed by atoms with Gasteiger partial charge in [0.15, 0.2) is 10.9 Å². The Morgan fingerprint density at radius 1 is 1.12 bits per heavy atom. The van der Waals surface area contributed by atoms with Crippen molar-refractivity contribution >= 4 is 34.5 Å². The predicted octanol–water partition coefficient (Wildman–Crippen LogP) is 3.86. The topological polar surface area (TPSA) is 35.6 Å². The van der Waals surface area contributed by atoms with Crippen LogP contribution in [0.2, 0.25) is 0 Å². The van der Waals surface area contributed by atoms with E-state index in [-0.39, 0.29) is 11.6 Å². The van der Waals surface area contributed by atoms with Crippen molar-refractivity contribution in [3.8, 4) is 0 Å². The third-order valence-electron chi connectivity index (χ3n) is 4.65. The summed E-state index contributed by atoms with van der Waals surface area (Å²) >= 11 is 5.53. The minimum absolute atomic E-state index is 0.132. The van der Waals surface area contributed by atoms with E-state index in [0.29, 0.717) is 42.5 Å². The van der Waals surface area contributed by atoms with Gasteiger partial charge in [-0.25, -0.2) is 4.39 Å². The molecular formula is C20H22FN3OS. The zero-order valence-electron chi connectivity index (χ0n) is 15.0. The molecule has 0 spiro atoms. The summed E-state index contributed by atoms with van der Waals surface area (Å²) in [7, 11) is 0. The normalized spacial score (nSPS) is 14.3. The summed E-state index contributed by atoms with van der Waals surface area (Å²) in [5.41, 5.74) is 3.08. The van der Waals surface area contributed by atoms with Crippen LogP contribution in [0.25, 0.3) is 0 Å². The van der Waals surface area contributed by atoms with Crippen molar-refractivity contribution < 1.29 is 9.18 Å². The second-order valence-corrected chi connectivity index (χ2v) is 6.83. The Kier molecular flexibility index (Phi) is 5.52. The van der Waals surface area contributed by atoms with Crippen molar-refractivity contribution in [2.45, 2.75) is 13.8 Å². The number of thiocarbonyl (C=S) groups is 1. The lowest BCUT2D eigenvalue weighted by Gasteiger charge is -2.37. The van der Waals surface area contributed by atoms with Crippen LogP contribution in [0.4, 0.5) is 15.8 Å². The summed E-state index contributed by atoms with van der Waals surface area (Å²) in [5, 5.41) is 3.98. The minimum Gasteiger partial charge on any atom is -0.366 e. The fourth-order valence-corrected chi connectivity index (χ4v) is 3.33. The average molecular weight is 371 g/mol. The van der Waals surface area contributed by atoms with Gasteiger partial charge in [0.2, 0.25) is 0 Å². The van der Waals surface area contributed by atoms with Crippen molar-refractivity contribution in [1.29, 1.82) is 0 Å². The fraction of sp³-hybridized carbons (Fsp3) is 0.300. The van der Waals surface area contributed by atoms with Crippen LogP contribution in [0.15, 0.2) is 42.5 Å². The lowest BCUT2D eigenvalue weighted by molar-refractivity contribution is 0.101. The second-order valence-electron chi connectivity index (χ2n) is 6.44. The molecule has 1 N–H and O–H groups in total. The van der Waals surface area contributed by atoms with Gasteiger partial charge in [-0.1, -0.05) is 18.2 Å². The number of hydrogen-bond acceptors (Lipinski definition) is 3. The molecule has 0 saturated carbocycles. The summed E-state index contributed by atoms with van der Waals surface area (Å²) in [6, 6.07) is 12.7. The molecule has 0 amide bonds. The molecule has 6 heteroatoms. The zero-order valence-corrected chi connectivity index (χ0v) is 15.8. The van der Waals surface area contributed by atoms with Gasteiger partial charge in [-0.3, -0.25) is 4.79 Å². The van der Waals surface area contributed by atoms with Crippen molar-refractivity contribution in [3.63, 3.8) is 0 Å². The summed E-state index contributed by atoms with van der Waals surface area (Å²) in [6.07, 6.45) is 0. The number of ketones is 1. The van der Waals surface area contributed by atoms with Crippen LogP contribution in [0, 0.1) is 12.7 Å². The van der Waals surface area contributed by atoms with Gasteiger partial charge in [-0.2, -0.15) is 0 Å². The maximum Gasteiger partial charge on any atom is 0.173 e. The SMILES string of the molecule is CC(=O)c1ccc(N2CCN(C(=S)Nc3ccccc3C)CC2)c(F)c1. The lowest BCUT2D eigenvalue weighted by atomic mass is 10.1. The zero-order chi connectivity index (χ0) is 18.7. The van der Waals surface area contributed by atoms with Crippen LogP contribution in [0.5, 0.6) is 0 Å². The Hall–Kier alpha value is -2.47. The van der Waals surface area contributed by atoms with Gasteiger partial charge < -0.3 is 15.1 Å². The molecule has 1 aliphatic heterocycles. The van der Waals surface area contributed by atoms with Crippen molar-refractivity contribution in [1.82, 2.24) is 4.90 Å². The van der Waals surface area contributed by atoms with E-state index in [1.807, 2.05) is 36.1 Å². The highest BCUT2D eigenvalue weighted by molar-refractivity contribution is 7.80. The van der Waals surface area contributed by atoms with Crippen molar-refractivity contribution in [3.05, 3.63) is 59.4 Å². The molecule has 1 fully saturated rings. The highest BCUT2D eigenvalue weighted by Gasteiger charge is 2.21. The van der Waals surface area contributed by atoms with Crippen LogP contribution in [0.3, 0.4) is 0 Å². The molecule has 0 aliphatic carbocycles. The van der Waals surface area contributed by atoms with Gasteiger partial charge in [-0.05, 0) is 55.9 Å². The first-order valence-electron chi connectivity index (χ1n) is 8.62. The maximum atomic E-state index is 14.3. The molecule has 1 saturated heterocycles. The number of halogens is 1. The molecule has 0 bridgehead atoms. The molecule has 0 unspecified atom stereocenters. The van der Waals surface area contributed by atoms with Crippen LogP contribution in [0.1, 0.15) is 22.8 Å². The molecule has 0 atom stereocenters. The smallest absolute Gasteiger partial charge is 0.173 e. The molecule has 2 aromatic rings. The van der Waals surface area contributed by atoms with Crippen LogP contribution >= 0.6 is 12.2 Å². The van der Waals surface area contributed by atoms with Crippen LogP contribution in [-0.2, 0) is 0 Å². The number of para-hydroxylation sites is 1. The van der Waals surface area contributed by atoms with E-state index in [0.717, 1.165) is 11.3 Å². The molecule has 26 heavy (non-hydrogen) atoms. The number of carbonyl (C=O) groups is 1. The second kappa shape index (κ2) is 7.83. The Bertz CT molecular complexity index is 832. The fourth-order valence-electron chi connectivity index (χ4n) is 3.04. The molecule has 1 aliphatic rings. The van der Waals surface area contributed by atoms with Gasteiger partial charge in [0, 0.05) is 37.4 Å². The largest absolute Gasteiger partial charge is 0.366 e. The Labute approximate surface area is 158 Å². The molecule has 1 heterocycles. The number of anilines is 2. The van der Waals surface area contributed by atoms with Crippen molar-refractivity contribution in [2.75, 3.05) is 36.4 Å². The van der Waals surface area contributed by atoms with E-state index in [9.17, 15) is 9.18 Å². The summed E-state index contributed by atoms with van der Waals surface area (Å²) in [4.78, 5) is 15.5. The number of carbonyl (C=O) groups excluding carboxylic acids is 1. The number of piperazine rings is 1. The first-order chi connectivity index (χ1) is 12.5. The number of nitrogens with one attached hydrogen (secondary N) is 1. The monoisotopic (exact) mass is 371 g/mol. The van der Waals surface area contributed by atoms with Gasteiger partial charge in [0.25, 0.3) is 0 Å². The van der Waals surface area contributed by atoms with Crippen molar-refractivity contribution in [2.24, 2.45) is 0 Å². The molecule has 0 aromatic heterocycles. The summed E-state index contributed by atoms with van der Waals surface area (Å²) in [6.45, 7) is 6.25. The Morgan fingerprint density at radius 3 is 2.42 bits per heavy atom. The average Bonchev–Trinajstić information content (AvgIpc) is 2.63. The van der Waals surface area contributed by atoms with E-state index < -0.39 is 0 Å². The van der Waals surface area contributed by atoms with Gasteiger partial charge in [0.05, 0.1) is 5.69 Å². The summed E-state index contributed by atoms with van der Waals surface area (Å²) in [5.74, 6) is -0.486. The quantitative estimate of drug-likeness (QED) is 0.655. The van der Waals surface area contributed by atoms with Crippen LogP contribution in [-0.4, -0.2) is 42.0 Å². The van der Waals surface area contributed by atoms with E-state index >= 15 is 0 Å². The van der Waals surface area contributed by atoms with Gasteiger partial charge in [-0.15, -0.1) is 0 Å². The number of aryl methyl sites for hydroxylation is 1. The molecule has 0 radical (unpaired) electrons. The highest BCUT2D eigenvalue weighted by Crippen LogP contribution is 2.23. The maximum absolute atomic E-state index is 14.3. The van der Waals surface area contributed by atoms with Crippen LogP contribution < -0.4 is 10.2 Å². The molecule has 2 aromatic carbocycles. The Morgan fingerprint density at radius 2 is 1.81 bits per heavy atom. The minimum atomic E-state index is -0.355. The predicted molar refractivity (Wildman–Crippen MR) is 108 cm³/mol. The third-order valence-corrected chi connectivity index (χ3v) is 5.01. The van der Waals surface area contributed by atoms with E-state index in [1.54, 1.807) is 12.1 Å². The number of Topliss-reactive ketones (excluding diaryl/α,β-unsaturated/α-hetero) is 1. The molecule has 136 valence electrons. The summed E-state index contributed by atoms with van der Waals surface area (Å²) < 4.78 is 14.3. The van der Waals surface area contributed by atoms with E-state index in [2.05, 4.69) is 10.2 Å².